The molecule has 1 aromatic carbocycles. The molecule has 3 heterocycles. The minimum Gasteiger partial charge on any atom is -0.482 e. The Morgan fingerprint density at radius 2 is 1.85 bits per heavy atom. The lowest BCUT2D eigenvalue weighted by atomic mass is 10.2. The van der Waals surface area contributed by atoms with Crippen molar-refractivity contribution in [3.05, 3.63) is 47.6 Å². The van der Waals surface area contributed by atoms with Gasteiger partial charge in [-0.05, 0) is 24.3 Å². The van der Waals surface area contributed by atoms with Crippen LogP contribution in [-0.2, 0) is 9.59 Å². The Labute approximate surface area is 162 Å². The minimum atomic E-state index is -0.205. The van der Waals surface area contributed by atoms with Gasteiger partial charge in [-0.15, -0.1) is 0 Å². The number of carbonyl (C=O) groups excluding carboxylic acids is 2. The minimum absolute atomic E-state index is 0.0224. The number of carbonyl (C=O) groups is 2. The van der Waals surface area contributed by atoms with Crippen molar-refractivity contribution >= 4 is 34.9 Å². The fourth-order valence-electron chi connectivity index (χ4n) is 3.32. The van der Waals surface area contributed by atoms with E-state index in [2.05, 4.69) is 9.88 Å². The number of benzene rings is 1. The summed E-state index contributed by atoms with van der Waals surface area (Å²) in [5.74, 6) is 1.16. The lowest BCUT2D eigenvalue weighted by Crippen LogP contribution is -2.53. The molecule has 8 heteroatoms. The summed E-state index contributed by atoms with van der Waals surface area (Å²) >= 11 is 5.96. The van der Waals surface area contributed by atoms with Crippen molar-refractivity contribution in [3.63, 3.8) is 0 Å². The summed E-state index contributed by atoms with van der Waals surface area (Å²) < 4.78 is 5.43. The van der Waals surface area contributed by atoms with Crippen molar-refractivity contribution in [2.45, 2.75) is 0 Å². The summed E-state index contributed by atoms with van der Waals surface area (Å²) in [4.78, 5) is 34.7. The Morgan fingerprint density at radius 3 is 2.63 bits per heavy atom. The van der Waals surface area contributed by atoms with Crippen LogP contribution in [0, 0.1) is 0 Å². The second-order valence-electron chi connectivity index (χ2n) is 6.42. The van der Waals surface area contributed by atoms with Gasteiger partial charge in [0, 0.05) is 26.2 Å². The van der Waals surface area contributed by atoms with Crippen molar-refractivity contribution in [2.24, 2.45) is 0 Å². The number of para-hydroxylation sites is 2. The molecule has 2 aliphatic rings. The van der Waals surface area contributed by atoms with Crippen LogP contribution >= 0.6 is 11.6 Å². The molecule has 2 aromatic rings. The monoisotopic (exact) mass is 386 g/mol. The number of halogens is 1. The maximum absolute atomic E-state index is 12.8. The highest BCUT2D eigenvalue weighted by Gasteiger charge is 2.30. The summed E-state index contributed by atoms with van der Waals surface area (Å²) in [6.07, 6.45) is 0. The van der Waals surface area contributed by atoms with Gasteiger partial charge in [-0.25, -0.2) is 4.98 Å². The molecule has 0 aliphatic carbocycles. The quantitative estimate of drug-likeness (QED) is 0.753. The fraction of sp³-hybridized carbons (Fsp3) is 0.316. The van der Waals surface area contributed by atoms with E-state index in [0.29, 0.717) is 42.8 Å². The second-order valence-corrected chi connectivity index (χ2v) is 6.81. The highest BCUT2D eigenvalue weighted by molar-refractivity contribution is 6.29. The molecule has 0 saturated carbocycles. The molecule has 1 aromatic heterocycles. The average molecular weight is 387 g/mol. The largest absolute Gasteiger partial charge is 0.482 e. The van der Waals surface area contributed by atoms with Gasteiger partial charge in [0.25, 0.3) is 5.91 Å². The summed E-state index contributed by atoms with van der Waals surface area (Å²) in [7, 11) is 0. The maximum atomic E-state index is 12.8. The number of nitrogens with zero attached hydrogens (tertiary/aromatic N) is 4. The van der Waals surface area contributed by atoms with Crippen molar-refractivity contribution in [3.8, 4) is 5.75 Å². The Balaban J connectivity index is 1.39. The van der Waals surface area contributed by atoms with Gasteiger partial charge in [-0.1, -0.05) is 29.8 Å². The average Bonchev–Trinajstić information content (AvgIpc) is 2.70. The zero-order chi connectivity index (χ0) is 18.8. The molecule has 0 unspecified atom stereocenters. The van der Waals surface area contributed by atoms with E-state index in [9.17, 15) is 9.59 Å². The van der Waals surface area contributed by atoms with Crippen LogP contribution in [0.1, 0.15) is 0 Å². The Kier molecular flexibility index (Phi) is 4.85. The highest BCUT2D eigenvalue weighted by atomic mass is 35.5. The van der Waals surface area contributed by atoms with Crippen LogP contribution in [0.3, 0.4) is 0 Å². The molecule has 7 nitrogen and oxygen atoms in total. The number of hydrogen-bond donors (Lipinski definition) is 0. The summed E-state index contributed by atoms with van der Waals surface area (Å²) in [6.45, 7) is 2.48. The van der Waals surface area contributed by atoms with Gasteiger partial charge < -0.3 is 14.5 Å². The number of pyridine rings is 1. The summed E-state index contributed by atoms with van der Waals surface area (Å²) in [6, 6.07) is 12.8. The third kappa shape index (κ3) is 3.68. The van der Waals surface area contributed by atoms with Crippen LogP contribution in [0.4, 0.5) is 11.5 Å². The van der Waals surface area contributed by atoms with Crippen molar-refractivity contribution in [1.82, 2.24) is 9.88 Å². The zero-order valence-electron chi connectivity index (χ0n) is 14.7. The van der Waals surface area contributed by atoms with E-state index in [4.69, 9.17) is 16.3 Å². The lowest BCUT2D eigenvalue weighted by Gasteiger charge is -2.37. The molecule has 2 aliphatic heterocycles. The smallest absolute Gasteiger partial charge is 0.265 e. The maximum Gasteiger partial charge on any atom is 0.265 e. The van der Waals surface area contributed by atoms with E-state index in [1.54, 1.807) is 23.1 Å². The van der Waals surface area contributed by atoms with Gasteiger partial charge in [0.15, 0.2) is 6.61 Å². The van der Waals surface area contributed by atoms with Gasteiger partial charge in [0.2, 0.25) is 5.91 Å². The van der Waals surface area contributed by atoms with Gasteiger partial charge in [0.05, 0.1) is 5.69 Å². The van der Waals surface area contributed by atoms with E-state index in [-0.39, 0.29) is 25.0 Å². The van der Waals surface area contributed by atoms with Gasteiger partial charge in [-0.3, -0.25) is 14.5 Å². The second kappa shape index (κ2) is 7.44. The molecule has 0 bridgehead atoms. The first-order valence-electron chi connectivity index (χ1n) is 8.79. The first kappa shape index (κ1) is 17.6. The van der Waals surface area contributed by atoms with Crippen molar-refractivity contribution in [2.75, 3.05) is 49.1 Å². The first-order valence-corrected chi connectivity index (χ1v) is 9.17. The predicted octanol–water partition coefficient (Wildman–Crippen LogP) is 1.81. The number of piperazine rings is 1. The van der Waals surface area contributed by atoms with Gasteiger partial charge in [-0.2, -0.15) is 0 Å². The molecular weight excluding hydrogens is 368 g/mol. The third-order valence-electron chi connectivity index (χ3n) is 4.76. The predicted molar refractivity (Wildman–Crippen MR) is 102 cm³/mol. The first-order chi connectivity index (χ1) is 13.1. The standard InChI is InChI=1S/C19H19ClN4O3/c20-16-6-3-7-17(21-16)22-8-10-23(11-9-22)18(25)12-24-14-4-1-2-5-15(14)27-13-19(24)26/h1-7H,8-13H2. The SMILES string of the molecule is O=C(CN1C(=O)COc2ccccc21)N1CCN(c2cccc(Cl)n2)CC1. The number of amides is 2. The molecule has 140 valence electrons. The topological polar surface area (TPSA) is 66.0 Å². The van der Waals surface area contributed by atoms with E-state index in [0.717, 1.165) is 5.82 Å². The number of ether oxygens (including phenoxy) is 1. The molecule has 0 N–H and O–H groups in total. The van der Waals surface area contributed by atoms with Crippen LogP contribution in [-0.4, -0.2) is 61.0 Å². The summed E-state index contributed by atoms with van der Waals surface area (Å²) in [5, 5.41) is 0.454. The van der Waals surface area contributed by atoms with Crippen LogP contribution in [0.2, 0.25) is 5.15 Å². The molecule has 0 spiro atoms. The molecule has 1 saturated heterocycles. The van der Waals surface area contributed by atoms with E-state index in [1.165, 1.54) is 4.90 Å². The zero-order valence-corrected chi connectivity index (χ0v) is 15.4. The number of hydrogen-bond acceptors (Lipinski definition) is 5. The van der Waals surface area contributed by atoms with Crippen LogP contribution in [0.25, 0.3) is 0 Å². The molecular formula is C19H19ClN4O3. The van der Waals surface area contributed by atoms with Crippen molar-refractivity contribution in [1.29, 1.82) is 0 Å². The Morgan fingerprint density at radius 1 is 1.07 bits per heavy atom. The summed E-state index contributed by atoms with van der Waals surface area (Å²) in [5.41, 5.74) is 0.642. The number of fused-ring (bicyclic) bond motifs is 1. The van der Waals surface area contributed by atoms with E-state index in [1.807, 2.05) is 24.3 Å². The Hall–Kier alpha value is -2.80. The number of rotatable bonds is 3. The van der Waals surface area contributed by atoms with Crippen LogP contribution < -0.4 is 14.5 Å². The number of anilines is 2. The van der Waals surface area contributed by atoms with Gasteiger partial charge >= 0.3 is 0 Å². The lowest BCUT2D eigenvalue weighted by molar-refractivity contribution is -0.132. The molecule has 0 atom stereocenters. The van der Waals surface area contributed by atoms with Crippen LogP contribution in [0.5, 0.6) is 5.75 Å². The Bertz CT molecular complexity index is 868. The number of aromatic nitrogens is 1. The van der Waals surface area contributed by atoms with E-state index >= 15 is 0 Å². The third-order valence-corrected chi connectivity index (χ3v) is 4.97. The molecule has 27 heavy (non-hydrogen) atoms. The molecule has 4 rings (SSSR count). The molecule has 2 amide bonds. The molecule has 1 fully saturated rings. The highest BCUT2D eigenvalue weighted by Crippen LogP contribution is 2.31. The van der Waals surface area contributed by atoms with Gasteiger partial charge in [0.1, 0.15) is 23.3 Å². The van der Waals surface area contributed by atoms with Crippen molar-refractivity contribution < 1.29 is 14.3 Å². The van der Waals surface area contributed by atoms with Crippen LogP contribution in [0.15, 0.2) is 42.5 Å². The molecule has 0 radical (unpaired) electrons. The normalized spacial score (nSPS) is 16.8. The fourth-order valence-corrected chi connectivity index (χ4v) is 3.48. The van der Waals surface area contributed by atoms with E-state index < -0.39 is 0 Å².